The molecule has 2 aliphatic rings. The summed E-state index contributed by atoms with van der Waals surface area (Å²) in [5.41, 5.74) is 2.77. The quantitative estimate of drug-likeness (QED) is 0.499. The number of carbonyl (C=O) groups is 1. The van der Waals surface area contributed by atoms with Crippen LogP contribution in [0.25, 0.3) is 17.0 Å². The molecule has 1 aromatic carbocycles. The van der Waals surface area contributed by atoms with Gasteiger partial charge < -0.3 is 20.1 Å². The molecule has 1 atom stereocenters. The number of benzene rings is 1. The monoisotopic (exact) mass is 461 g/mol. The van der Waals surface area contributed by atoms with E-state index in [1.807, 2.05) is 47.5 Å². The molecule has 0 bridgehead atoms. The molecule has 34 heavy (non-hydrogen) atoms. The summed E-state index contributed by atoms with van der Waals surface area (Å²) in [5, 5.41) is 12.8. The van der Waals surface area contributed by atoms with Crippen molar-refractivity contribution < 1.29 is 14.6 Å². The fourth-order valence-corrected chi connectivity index (χ4v) is 3.96. The molecule has 2 aromatic rings. The van der Waals surface area contributed by atoms with Crippen molar-refractivity contribution in [3.8, 4) is 17.1 Å². The number of likely N-dealkylation sites (tertiary alicyclic amines) is 1. The maximum absolute atomic E-state index is 11.8. The predicted molar refractivity (Wildman–Crippen MR) is 133 cm³/mol. The lowest BCUT2D eigenvalue weighted by Gasteiger charge is -2.13. The van der Waals surface area contributed by atoms with Gasteiger partial charge in [0.1, 0.15) is 18.5 Å². The van der Waals surface area contributed by atoms with Crippen molar-refractivity contribution >= 4 is 23.5 Å². The van der Waals surface area contributed by atoms with E-state index in [0.717, 1.165) is 36.2 Å². The molecule has 0 saturated carbocycles. The molecule has 1 saturated heterocycles. The van der Waals surface area contributed by atoms with Crippen LogP contribution >= 0.6 is 0 Å². The lowest BCUT2D eigenvalue weighted by Crippen LogP contribution is -2.29. The Morgan fingerprint density at radius 1 is 1.32 bits per heavy atom. The summed E-state index contributed by atoms with van der Waals surface area (Å²) in [7, 11) is 1.79. The molecule has 0 spiro atoms. The van der Waals surface area contributed by atoms with Gasteiger partial charge in [0.05, 0.1) is 5.69 Å². The van der Waals surface area contributed by atoms with Crippen molar-refractivity contribution in [1.82, 2.24) is 20.2 Å². The van der Waals surface area contributed by atoms with E-state index in [1.165, 1.54) is 0 Å². The first-order valence-electron chi connectivity index (χ1n) is 11.7. The third-order valence-corrected chi connectivity index (χ3v) is 5.71. The van der Waals surface area contributed by atoms with Crippen LogP contribution in [0, 0.1) is 0 Å². The Morgan fingerprint density at radius 3 is 3.00 bits per heavy atom. The highest BCUT2D eigenvalue weighted by Crippen LogP contribution is 2.28. The number of likely N-dealkylation sites (N-methyl/N-ethyl adjacent to an activating group) is 1. The largest absolute Gasteiger partial charge is 0.491 e. The zero-order valence-electron chi connectivity index (χ0n) is 19.5. The molecule has 1 aromatic heterocycles. The van der Waals surface area contributed by atoms with Gasteiger partial charge in [0.2, 0.25) is 5.91 Å². The van der Waals surface area contributed by atoms with Gasteiger partial charge in [-0.05, 0) is 37.6 Å². The van der Waals surface area contributed by atoms with Crippen molar-refractivity contribution in [2.24, 2.45) is 4.99 Å². The lowest BCUT2D eigenvalue weighted by molar-refractivity contribution is -0.127. The first kappa shape index (κ1) is 23.8. The van der Waals surface area contributed by atoms with Crippen LogP contribution in [-0.2, 0) is 4.79 Å². The van der Waals surface area contributed by atoms with Crippen LogP contribution < -0.4 is 10.1 Å². The fraction of sp³-hybridized carbons (Fsp3) is 0.385. The standard InChI is InChI=1S/C26H31N5O3/c1-27-17-21(32)18-34-22-10-4-9-20(15-22)26-29-23(19-7-2-3-8-19)16-24(30-26)28-12-6-14-31-13-5-11-25(31)33/h2-4,7,9-10,12,15-16,21,27,32H,5-6,8,11,13-14,17-18H2,1H3. The molecule has 1 amide bonds. The number of hydrogen-bond donors (Lipinski definition) is 2. The second kappa shape index (κ2) is 11.7. The number of nitrogens with one attached hydrogen (secondary N) is 1. The molecule has 1 fully saturated rings. The number of rotatable bonds is 11. The normalized spacial score (nSPS) is 16.5. The molecule has 4 rings (SSSR count). The summed E-state index contributed by atoms with van der Waals surface area (Å²) in [6, 6.07) is 9.44. The molecule has 0 radical (unpaired) electrons. The highest BCUT2D eigenvalue weighted by Gasteiger charge is 2.18. The number of aliphatic imine (C=N–C) groups is 1. The number of aromatic nitrogens is 2. The molecule has 1 aliphatic heterocycles. The number of allylic oxidation sites excluding steroid dienone is 4. The fourth-order valence-electron chi connectivity index (χ4n) is 3.96. The average Bonchev–Trinajstić information content (AvgIpc) is 3.53. The molecule has 8 heteroatoms. The number of aliphatic hydroxyl groups excluding tert-OH is 1. The second-order valence-corrected chi connectivity index (χ2v) is 8.39. The van der Waals surface area contributed by atoms with Crippen LogP contribution in [0.15, 0.2) is 53.6 Å². The molecule has 178 valence electrons. The van der Waals surface area contributed by atoms with Crippen LogP contribution in [0.4, 0.5) is 5.82 Å². The minimum Gasteiger partial charge on any atom is -0.491 e. The van der Waals surface area contributed by atoms with Crippen LogP contribution in [-0.4, -0.2) is 71.5 Å². The first-order valence-corrected chi connectivity index (χ1v) is 11.7. The van der Waals surface area contributed by atoms with E-state index < -0.39 is 6.10 Å². The Hall–Kier alpha value is -3.36. The zero-order chi connectivity index (χ0) is 23.8. The van der Waals surface area contributed by atoms with Gasteiger partial charge in [-0.2, -0.15) is 0 Å². The van der Waals surface area contributed by atoms with Gasteiger partial charge in [-0.15, -0.1) is 0 Å². The van der Waals surface area contributed by atoms with E-state index in [-0.39, 0.29) is 12.5 Å². The Bertz CT molecular complexity index is 1100. The third kappa shape index (κ3) is 6.36. The van der Waals surface area contributed by atoms with Crippen molar-refractivity contribution in [3.63, 3.8) is 0 Å². The summed E-state index contributed by atoms with van der Waals surface area (Å²) < 4.78 is 5.75. The van der Waals surface area contributed by atoms with Gasteiger partial charge >= 0.3 is 0 Å². The SMILES string of the molecule is CNCC(O)COc1cccc(-c2nc(N=CCCN3CCCC3=O)cc(C3=CC=CC3)n2)c1. The highest BCUT2D eigenvalue weighted by molar-refractivity contribution is 5.78. The Kier molecular flexibility index (Phi) is 8.17. The van der Waals surface area contributed by atoms with Crippen LogP contribution in [0.5, 0.6) is 5.75 Å². The third-order valence-electron chi connectivity index (χ3n) is 5.71. The summed E-state index contributed by atoms with van der Waals surface area (Å²) in [6.45, 7) is 2.17. The number of amides is 1. The van der Waals surface area contributed by atoms with E-state index in [9.17, 15) is 9.90 Å². The Balaban J connectivity index is 1.52. The number of carbonyl (C=O) groups excluding carboxylic acids is 1. The molecule has 2 N–H and O–H groups in total. The van der Waals surface area contributed by atoms with Crippen LogP contribution in [0.2, 0.25) is 0 Å². The topological polar surface area (TPSA) is 99.9 Å². The summed E-state index contributed by atoms with van der Waals surface area (Å²) in [4.78, 5) is 27.7. The van der Waals surface area contributed by atoms with Crippen molar-refractivity contribution in [3.05, 3.63) is 54.3 Å². The molecular formula is C26H31N5O3. The highest BCUT2D eigenvalue weighted by atomic mass is 16.5. The molecule has 8 nitrogen and oxygen atoms in total. The predicted octanol–water partition coefficient (Wildman–Crippen LogP) is 3.16. The van der Waals surface area contributed by atoms with E-state index in [0.29, 0.717) is 43.3 Å². The van der Waals surface area contributed by atoms with Crippen LogP contribution in [0.1, 0.15) is 31.4 Å². The summed E-state index contributed by atoms with van der Waals surface area (Å²) >= 11 is 0. The van der Waals surface area contributed by atoms with E-state index in [4.69, 9.17) is 9.72 Å². The minimum absolute atomic E-state index is 0.193. The summed E-state index contributed by atoms with van der Waals surface area (Å²) in [5.74, 6) is 2.01. The molecular weight excluding hydrogens is 430 g/mol. The number of nitrogens with zero attached hydrogens (tertiary/aromatic N) is 4. The van der Waals surface area contributed by atoms with Crippen molar-refractivity contribution in [2.75, 3.05) is 33.3 Å². The lowest BCUT2D eigenvalue weighted by atomic mass is 10.1. The maximum atomic E-state index is 11.8. The Labute approximate surface area is 200 Å². The number of aliphatic hydroxyl groups is 1. The van der Waals surface area contributed by atoms with Gasteiger partial charge in [-0.3, -0.25) is 4.79 Å². The first-order chi connectivity index (χ1) is 16.6. The van der Waals surface area contributed by atoms with Gasteiger partial charge in [0.25, 0.3) is 0 Å². The van der Waals surface area contributed by atoms with Gasteiger partial charge in [0.15, 0.2) is 11.6 Å². The molecule has 2 heterocycles. The molecule has 1 unspecified atom stereocenters. The van der Waals surface area contributed by atoms with E-state index in [1.54, 1.807) is 7.05 Å². The van der Waals surface area contributed by atoms with Crippen molar-refractivity contribution in [2.45, 2.75) is 31.8 Å². The van der Waals surface area contributed by atoms with Gasteiger partial charge in [-0.1, -0.05) is 30.4 Å². The zero-order valence-corrected chi connectivity index (χ0v) is 19.5. The van der Waals surface area contributed by atoms with E-state index in [2.05, 4.69) is 27.4 Å². The average molecular weight is 462 g/mol. The Morgan fingerprint density at radius 2 is 2.24 bits per heavy atom. The second-order valence-electron chi connectivity index (χ2n) is 8.39. The molecule has 1 aliphatic carbocycles. The maximum Gasteiger partial charge on any atom is 0.222 e. The number of ether oxygens (including phenoxy) is 1. The summed E-state index contributed by atoms with van der Waals surface area (Å²) in [6.07, 6.45) is 10.5. The van der Waals surface area contributed by atoms with Gasteiger partial charge in [-0.25, -0.2) is 15.0 Å². The minimum atomic E-state index is -0.591. The van der Waals surface area contributed by atoms with E-state index >= 15 is 0 Å². The van der Waals surface area contributed by atoms with Gasteiger partial charge in [0, 0.05) is 50.3 Å². The van der Waals surface area contributed by atoms with Crippen LogP contribution in [0.3, 0.4) is 0 Å². The number of hydrogen-bond acceptors (Lipinski definition) is 7. The smallest absolute Gasteiger partial charge is 0.222 e. The van der Waals surface area contributed by atoms with Crippen molar-refractivity contribution in [1.29, 1.82) is 0 Å².